The van der Waals surface area contributed by atoms with Crippen molar-refractivity contribution in [1.29, 1.82) is 0 Å². The predicted octanol–water partition coefficient (Wildman–Crippen LogP) is 2.36. The number of hydrogen-bond acceptors (Lipinski definition) is 3. The van der Waals surface area contributed by atoms with Crippen LogP contribution >= 0.6 is 0 Å². The van der Waals surface area contributed by atoms with Crippen LogP contribution in [0.1, 0.15) is 26.2 Å². The molecule has 2 unspecified atom stereocenters. The van der Waals surface area contributed by atoms with Crippen molar-refractivity contribution in [3.8, 4) is 5.75 Å². The lowest BCUT2D eigenvalue weighted by Gasteiger charge is -2.28. The van der Waals surface area contributed by atoms with E-state index in [4.69, 9.17) is 0 Å². The summed E-state index contributed by atoms with van der Waals surface area (Å²) in [4.78, 5) is 12.0. The maximum atomic E-state index is 12.0. The van der Waals surface area contributed by atoms with Crippen molar-refractivity contribution in [2.45, 2.75) is 26.2 Å². The zero-order valence-corrected chi connectivity index (χ0v) is 11.4. The summed E-state index contributed by atoms with van der Waals surface area (Å²) in [5.74, 6) is 1.15. The molecular weight excluding hydrogens is 240 g/mol. The van der Waals surface area contributed by atoms with Crippen LogP contribution in [0.5, 0.6) is 5.75 Å². The Morgan fingerprint density at radius 3 is 3.11 bits per heavy atom. The number of anilines is 1. The normalized spacial score (nSPS) is 20.8. The Morgan fingerprint density at radius 1 is 1.58 bits per heavy atom. The Labute approximate surface area is 114 Å². The van der Waals surface area contributed by atoms with Crippen molar-refractivity contribution < 1.29 is 9.90 Å². The number of hydrogen-bond donors (Lipinski definition) is 3. The number of carbonyl (C=O) groups excluding carboxylic acids is 1. The van der Waals surface area contributed by atoms with Gasteiger partial charge in [-0.05, 0) is 49.9 Å². The van der Waals surface area contributed by atoms with Gasteiger partial charge in [0.05, 0.1) is 0 Å². The van der Waals surface area contributed by atoms with E-state index in [0.717, 1.165) is 13.1 Å². The number of piperidine rings is 1. The van der Waals surface area contributed by atoms with Crippen LogP contribution in [0.2, 0.25) is 0 Å². The first-order valence-electron chi connectivity index (χ1n) is 6.95. The van der Waals surface area contributed by atoms with Crippen molar-refractivity contribution in [2.24, 2.45) is 11.8 Å². The Balaban J connectivity index is 1.83. The quantitative estimate of drug-likeness (QED) is 0.780. The Kier molecular flexibility index (Phi) is 4.80. The maximum Gasteiger partial charge on any atom is 0.224 e. The van der Waals surface area contributed by atoms with E-state index < -0.39 is 0 Å². The van der Waals surface area contributed by atoms with E-state index in [2.05, 4.69) is 17.6 Å². The number of benzene rings is 1. The maximum absolute atomic E-state index is 12.0. The summed E-state index contributed by atoms with van der Waals surface area (Å²) in [6, 6.07) is 6.65. The molecule has 2 rings (SSSR count). The molecule has 1 saturated heterocycles. The van der Waals surface area contributed by atoms with Gasteiger partial charge >= 0.3 is 0 Å². The minimum Gasteiger partial charge on any atom is -0.508 e. The summed E-state index contributed by atoms with van der Waals surface area (Å²) >= 11 is 0. The summed E-state index contributed by atoms with van der Waals surface area (Å²) in [6.45, 7) is 4.25. The molecule has 0 aromatic heterocycles. The van der Waals surface area contributed by atoms with Crippen LogP contribution in [0.15, 0.2) is 24.3 Å². The average Bonchev–Trinajstić information content (AvgIpc) is 2.39. The lowest BCUT2D eigenvalue weighted by molar-refractivity contribution is -0.117. The third kappa shape index (κ3) is 4.24. The summed E-state index contributed by atoms with van der Waals surface area (Å²) in [7, 11) is 0. The predicted molar refractivity (Wildman–Crippen MR) is 76.1 cm³/mol. The van der Waals surface area contributed by atoms with Gasteiger partial charge in [0.25, 0.3) is 0 Å². The standard InChI is InChI=1S/C15H22N2O2/c1-11(12-4-3-7-16-10-12)8-15(19)17-13-5-2-6-14(18)9-13/h2,5-6,9,11-12,16,18H,3-4,7-8,10H2,1H3,(H,17,19). The molecule has 1 amide bonds. The first-order valence-corrected chi connectivity index (χ1v) is 6.95. The monoisotopic (exact) mass is 262 g/mol. The second-order valence-electron chi connectivity index (χ2n) is 5.39. The van der Waals surface area contributed by atoms with Gasteiger partial charge in [-0.1, -0.05) is 13.0 Å². The van der Waals surface area contributed by atoms with Crippen molar-refractivity contribution in [2.75, 3.05) is 18.4 Å². The van der Waals surface area contributed by atoms with E-state index in [-0.39, 0.29) is 11.7 Å². The van der Waals surface area contributed by atoms with Gasteiger partial charge in [0.15, 0.2) is 0 Å². The first kappa shape index (κ1) is 13.9. The number of nitrogens with one attached hydrogen (secondary N) is 2. The Morgan fingerprint density at radius 2 is 2.42 bits per heavy atom. The molecule has 1 aliphatic heterocycles. The molecule has 104 valence electrons. The Hall–Kier alpha value is -1.55. The SMILES string of the molecule is CC(CC(=O)Nc1cccc(O)c1)C1CCCNC1. The molecule has 4 heteroatoms. The zero-order valence-electron chi connectivity index (χ0n) is 11.4. The minimum atomic E-state index is 0.0173. The van der Waals surface area contributed by atoms with Crippen LogP contribution < -0.4 is 10.6 Å². The van der Waals surface area contributed by atoms with Crippen molar-refractivity contribution >= 4 is 11.6 Å². The van der Waals surface area contributed by atoms with Gasteiger partial charge in [0.2, 0.25) is 5.91 Å². The van der Waals surface area contributed by atoms with Crippen LogP contribution in [0, 0.1) is 11.8 Å². The number of carbonyl (C=O) groups is 1. The van der Waals surface area contributed by atoms with Crippen LogP contribution in [-0.2, 0) is 4.79 Å². The van der Waals surface area contributed by atoms with Gasteiger partial charge < -0.3 is 15.7 Å². The summed E-state index contributed by atoms with van der Waals surface area (Å²) < 4.78 is 0. The molecule has 19 heavy (non-hydrogen) atoms. The highest BCUT2D eigenvalue weighted by molar-refractivity contribution is 5.91. The fourth-order valence-electron chi connectivity index (χ4n) is 2.62. The third-order valence-corrected chi connectivity index (χ3v) is 3.78. The van der Waals surface area contributed by atoms with Crippen LogP contribution in [0.25, 0.3) is 0 Å². The molecule has 4 nitrogen and oxygen atoms in total. The van der Waals surface area contributed by atoms with Crippen LogP contribution in [0.4, 0.5) is 5.69 Å². The smallest absolute Gasteiger partial charge is 0.224 e. The summed E-state index contributed by atoms with van der Waals surface area (Å²) in [5, 5.41) is 15.6. The number of aromatic hydroxyl groups is 1. The van der Waals surface area contributed by atoms with Gasteiger partial charge in [-0.25, -0.2) is 0 Å². The molecule has 1 fully saturated rings. The van der Waals surface area contributed by atoms with E-state index in [1.54, 1.807) is 24.3 Å². The van der Waals surface area contributed by atoms with E-state index in [1.807, 2.05) is 0 Å². The topological polar surface area (TPSA) is 61.4 Å². The second-order valence-corrected chi connectivity index (χ2v) is 5.39. The second kappa shape index (κ2) is 6.57. The average molecular weight is 262 g/mol. The summed E-state index contributed by atoms with van der Waals surface area (Å²) in [5.41, 5.74) is 0.652. The fourth-order valence-corrected chi connectivity index (χ4v) is 2.62. The van der Waals surface area contributed by atoms with Gasteiger partial charge in [-0.3, -0.25) is 4.79 Å². The van der Waals surface area contributed by atoms with E-state index in [1.165, 1.54) is 12.8 Å². The summed E-state index contributed by atoms with van der Waals surface area (Å²) in [6.07, 6.45) is 2.93. The molecular formula is C15H22N2O2. The minimum absolute atomic E-state index is 0.0173. The van der Waals surface area contributed by atoms with Crippen LogP contribution in [-0.4, -0.2) is 24.1 Å². The number of phenols is 1. The molecule has 3 N–H and O–H groups in total. The van der Waals surface area contributed by atoms with Crippen molar-refractivity contribution in [3.63, 3.8) is 0 Å². The lowest BCUT2D eigenvalue weighted by atomic mass is 9.85. The molecule has 2 atom stereocenters. The van der Waals surface area contributed by atoms with Gasteiger partial charge in [0.1, 0.15) is 5.75 Å². The van der Waals surface area contributed by atoms with E-state index >= 15 is 0 Å². The molecule has 1 aromatic carbocycles. The molecule has 0 spiro atoms. The molecule has 1 aromatic rings. The number of phenolic OH excluding ortho intramolecular Hbond substituents is 1. The van der Waals surface area contributed by atoms with Crippen molar-refractivity contribution in [3.05, 3.63) is 24.3 Å². The molecule has 0 radical (unpaired) electrons. The van der Waals surface area contributed by atoms with Crippen LogP contribution in [0.3, 0.4) is 0 Å². The largest absolute Gasteiger partial charge is 0.508 e. The zero-order chi connectivity index (χ0) is 13.7. The molecule has 0 bridgehead atoms. The molecule has 1 aliphatic rings. The Bertz CT molecular complexity index is 428. The third-order valence-electron chi connectivity index (χ3n) is 3.78. The molecule has 0 aliphatic carbocycles. The lowest BCUT2D eigenvalue weighted by Crippen LogP contribution is -2.34. The number of rotatable bonds is 4. The molecule has 0 saturated carbocycles. The highest BCUT2D eigenvalue weighted by Crippen LogP contribution is 2.23. The highest BCUT2D eigenvalue weighted by Gasteiger charge is 2.21. The van der Waals surface area contributed by atoms with E-state index in [0.29, 0.717) is 23.9 Å². The van der Waals surface area contributed by atoms with Gasteiger partial charge in [-0.2, -0.15) is 0 Å². The highest BCUT2D eigenvalue weighted by atomic mass is 16.3. The number of amides is 1. The van der Waals surface area contributed by atoms with Gasteiger partial charge in [-0.15, -0.1) is 0 Å². The fraction of sp³-hybridized carbons (Fsp3) is 0.533. The molecule has 1 heterocycles. The van der Waals surface area contributed by atoms with E-state index in [9.17, 15) is 9.90 Å². The first-order chi connectivity index (χ1) is 9.15. The van der Waals surface area contributed by atoms with Gasteiger partial charge in [0, 0.05) is 18.2 Å². The van der Waals surface area contributed by atoms with Crippen molar-refractivity contribution in [1.82, 2.24) is 5.32 Å².